The van der Waals surface area contributed by atoms with Gasteiger partial charge in [0.1, 0.15) is 5.75 Å². The van der Waals surface area contributed by atoms with E-state index in [1.807, 2.05) is 56.5 Å². The van der Waals surface area contributed by atoms with Crippen LogP contribution in [-0.4, -0.2) is 28.0 Å². The Morgan fingerprint density at radius 2 is 2.04 bits per heavy atom. The van der Waals surface area contributed by atoms with Gasteiger partial charge in [-0.25, -0.2) is 0 Å². The molecule has 0 spiro atoms. The maximum absolute atomic E-state index is 6.24. The summed E-state index contributed by atoms with van der Waals surface area (Å²) in [6, 6.07) is 14.0. The van der Waals surface area contributed by atoms with Crippen molar-refractivity contribution in [3.8, 4) is 22.9 Å². The predicted octanol–water partition coefficient (Wildman–Crippen LogP) is 4.47. The molecule has 1 aliphatic rings. The molecule has 1 N–H and O–H groups in total. The van der Waals surface area contributed by atoms with Crippen LogP contribution in [0.15, 0.2) is 47.6 Å². The topological polar surface area (TPSA) is 69.2 Å². The van der Waals surface area contributed by atoms with Crippen molar-refractivity contribution in [2.24, 2.45) is 0 Å². The molecule has 138 valence electrons. The summed E-state index contributed by atoms with van der Waals surface area (Å²) >= 11 is 1.43. The zero-order valence-electron chi connectivity index (χ0n) is 15.4. The minimum Gasteiger partial charge on any atom is -0.494 e. The number of fused-ring (bicyclic) bond motifs is 3. The number of nitrogens with one attached hydrogen (secondary N) is 1. The third kappa shape index (κ3) is 3.42. The first-order valence-electron chi connectivity index (χ1n) is 8.74. The van der Waals surface area contributed by atoms with Gasteiger partial charge in [-0.15, -0.1) is 10.2 Å². The fourth-order valence-electron chi connectivity index (χ4n) is 3.04. The molecule has 4 rings (SSSR count). The molecule has 6 nitrogen and oxygen atoms in total. The number of para-hydroxylation sites is 1. The Labute approximate surface area is 162 Å². The molecule has 0 fully saturated rings. The highest BCUT2D eigenvalue weighted by Gasteiger charge is 2.26. The van der Waals surface area contributed by atoms with E-state index in [0.717, 1.165) is 28.1 Å². The molecule has 2 heterocycles. The first-order valence-corrected chi connectivity index (χ1v) is 9.96. The van der Waals surface area contributed by atoms with E-state index in [1.165, 1.54) is 11.8 Å². The molecular weight excluding hydrogens is 360 g/mol. The number of hydrogen-bond donors (Lipinski definition) is 1. The smallest absolute Gasteiger partial charge is 0.247 e. The third-order valence-corrected chi connectivity index (χ3v) is 4.86. The summed E-state index contributed by atoms with van der Waals surface area (Å²) in [5.74, 6) is 1.35. The zero-order chi connectivity index (χ0) is 18.8. The first kappa shape index (κ1) is 17.6. The Bertz CT molecular complexity index is 980. The molecule has 1 aliphatic heterocycles. The molecule has 7 heteroatoms. The second kappa shape index (κ2) is 7.44. The highest BCUT2D eigenvalue weighted by molar-refractivity contribution is 7.98. The van der Waals surface area contributed by atoms with Crippen molar-refractivity contribution in [3.63, 3.8) is 0 Å². The lowest BCUT2D eigenvalue weighted by atomic mass is 10.1. The van der Waals surface area contributed by atoms with Crippen molar-refractivity contribution in [2.45, 2.75) is 25.2 Å². The Morgan fingerprint density at radius 1 is 1.19 bits per heavy atom. The van der Waals surface area contributed by atoms with E-state index in [9.17, 15) is 0 Å². The maximum Gasteiger partial charge on any atom is 0.247 e. The van der Waals surface area contributed by atoms with Gasteiger partial charge in [-0.05, 0) is 49.9 Å². The lowest BCUT2D eigenvalue weighted by molar-refractivity contribution is 0.225. The van der Waals surface area contributed by atoms with Crippen molar-refractivity contribution in [2.75, 3.05) is 18.2 Å². The van der Waals surface area contributed by atoms with Gasteiger partial charge in [-0.2, -0.15) is 4.98 Å². The largest absolute Gasteiger partial charge is 0.494 e. The number of aromatic nitrogens is 3. The quantitative estimate of drug-likeness (QED) is 0.670. The fraction of sp³-hybridized carbons (Fsp3) is 0.250. The molecule has 2 aromatic carbocycles. The Morgan fingerprint density at radius 3 is 2.81 bits per heavy atom. The summed E-state index contributed by atoms with van der Waals surface area (Å²) in [5.41, 5.74) is 4.54. The standard InChI is InChI=1S/C20H20N4O2S/c1-4-25-16-10-9-13(11-12(16)2)18-21-15-8-6-5-7-14(15)17-19(26-18)22-20(27-3)24-23-17/h5-11,18,21H,4H2,1-3H3/t18-/m0/s1. The predicted molar refractivity (Wildman–Crippen MR) is 106 cm³/mol. The number of anilines is 1. The van der Waals surface area contributed by atoms with Gasteiger partial charge in [-0.1, -0.05) is 30.0 Å². The van der Waals surface area contributed by atoms with Crippen LogP contribution < -0.4 is 14.8 Å². The van der Waals surface area contributed by atoms with Gasteiger partial charge in [0.25, 0.3) is 0 Å². The van der Waals surface area contributed by atoms with E-state index < -0.39 is 6.23 Å². The van der Waals surface area contributed by atoms with Crippen LogP contribution in [0.2, 0.25) is 0 Å². The lowest BCUT2D eigenvalue weighted by Gasteiger charge is -2.20. The van der Waals surface area contributed by atoms with Gasteiger partial charge in [0.05, 0.1) is 6.61 Å². The van der Waals surface area contributed by atoms with E-state index in [0.29, 0.717) is 23.3 Å². The average molecular weight is 380 g/mol. The lowest BCUT2D eigenvalue weighted by Crippen LogP contribution is -2.17. The summed E-state index contributed by atoms with van der Waals surface area (Å²) < 4.78 is 11.9. The zero-order valence-corrected chi connectivity index (χ0v) is 16.2. The molecule has 0 aliphatic carbocycles. The first-order chi connectivity index (χ1) is 13.2. The summed E-state index contributed by atoms with van der Waals surface area (Å²) in [5, 5.41) is 12.6. The SMILES string of the molecule is CCOc1ccc([C@H]2Nc3ccccc3-c3nnc(SC)nc3O2)cc1C. The van der Waals surface area contributed by atoms with Crippen LogP contribution in [0, 0.1) is 6.92 Å². The van der Waals surface area contributed by atoms with Gasteiger partial charge in [-0.3, -0.25) is 0 Å². The van der Waals surface area contributed by atoms with Crippen LogP contribution in [0.3, 0.4) is 0 Å². The molecule has 3 aromatic rings. The molecular formula is C20H20N4O2S. The molecule has 0 radical (unpaired) electrons. The van der Waals surface area contributed by atoms with Gasteiger partial charge in [0, 0.05) is 16.8 Å². The van der Waals surface area contributed by atoms with E-state index in [2.05, 4.69) is 26.6 Å². The summed E-state index contributed by atoms with van der Waals surface area (Å²) in [6.07, 6.45) is 1.52. The summed E-state index contributed by atoms with van der Waals surface area (Å²) in [7, 11) is 0. The van der Waals surface area contributed by atoms with E-state index in [4.69, 9.17) is 9.47 Å². The minimum atomic E-state index is -0.395. The Kier molecular flexibility index (Phi) is 4.85. The van der Waals surface area contributed by atoms with Crippen molar-refractivity contribution in [1.82, 2.24) is 15.2 Å². The number of aryl methyl sites for hydroxylation is 1. The third-order valence-electron chi connectivity index (χ3n) is 4.32. The normalized spacial score (nSPS) is 15.0. The van der Waals surface area contributed by atoms with E-state index in [1.54, 1.807) is 0 Å². The molecule has 0 saturated carbocycles. The molecule has 0 amide bonds. The van der Waals surface area contributed by atoms with Crippen LogP contribution in [-0.2, 0) is 0 Å². The van der Waals surface area contributed by atoms with Crippen LogP contribution in [0.25, 0.3) is 11.3 Å². The van der Waals surface area contributed by atoms with Crippen LogP contribution in [0.1, 0.15) is 24.3 Å². The van der Waals surface area contributed by atoms with Crippen LogP contribution in [0.4, 0.5) is 5.69 Å². The van der Waals surface area contributed by atoms with E-state index in [-0.39, 0.29) is 0 Å². The maximum atomic E-state index is 6.24. The Balaban J connectivity index is 1.79. The molecule has 0 bridgehead atoms. The second-order valence-electron chi connectivity index (χ2n) is 6.10. The van der Waals surface area contributed by atoms with E-state index >= 15 is 0 Å². The Hall–Kier alpha value is -2.80. The van der Waals surface area contributed by atoms with Crippen LogP contribution >= 0.6 is 11.8 Å². The second-order valence-corrected chi connectivity index (χ2v) is 6.87. The molecule has 0 unspecified atom stereocenters. The van der Waals surface area contributed by atoms with Crippen LogP contribution in [0.5, 0.6) is 11.6 Å². The van der Waals surface area contributed by atoms with Gasteiger partial charge >= 0.3 is 0 Å². The summed E-state index contributed by atoms with van der Waals surface area (Å²) in [4.78, 5) is 4.54. The van der Waals surface area contributed by atoms with Gasteiger partial charge in [0.2, 0.25) is 11.0 Å². The fourth-order valence-corrected chi connectivity index (χ4v) is 3.33. The average Bonchev–Trinajstić information content (AvgIpc) is 2.86. The van der Waals surface area contributed by atoms with Crippen molar-refractivity contribution in [3.05, 3.63) is 53.6 Å². The highest BCUT2D eigenvalue weighted by Crippen LogP contribution is 2.39. The molecule has 0 saturated heterocycles. The number of nitrogens with zero attached hydrogens (tertiary/aromatic N) is 3. The number of benzene rings is 2. The monoisotopic (exact) mass is 380 g/mol. The number of ether oxygens (including phenoxy) is 2. The molecule has 1 aromatic heterocycles. The molecule has 1 atom stereocenters. The number of rotatable bonds is 4. The summed E-state index contributed by atoms with van der Waals surface area (Å²) in [6.45, 7) is 4.65. The van der Waals surface area contributed by atoms with Gasteiger partial charge in [0.15, 0.2) is 11.9 Å². The number of thioether (sulfide) groups is 1. The minimum absolute atomic E-state index is 0.395. The van der Waals surface area contributed by atoms with Gasteiger partial charge < -0.3 is 14.8 Å². The van der Waals surface area contributed by atoms with Crippen molar-refractivity contribution >= 4 is 17.4 Å². The van der Waals surface area contributed by atoms with Crippen molar-refractivity contribution < 1.29 is 9.47 Å². The highest BCUT2D eigenvalue weighted by atomic mass is 32.2. The molecule has 27 heavy (non-hydrogen) atoms. The number of hydrogen-bond acceptors (Lipinski definition) is 7. The van der Waals surface area contributed by atoms with Crippen molar-refractivity contribution in [1.29, 1.82) is 0 Å².